The van der Waals surface area contributed by atoms with E-state index in [-0.39, 0.29) is 0 Å². The van der Waals surface area contributed by atoms with Gasteiger partial charge >= 0.3 is 0 Å². The van der Waals surface area contributed by atoms with Crippen LogP contribution in [0.4, 0.5) is 0 Å². The van der Waals surface area contributed by atoms with Gasteiger partial charge in [0.15, 0.2) is 4.77 Å². The normalized spacial score (nSPS) is 11.0. The van der Waals surface area contributed by atoms with Gasteiger partial charge in [-0.15, -0.1) is 0 Å². The van der Waals surface area contributed by atoms with E-state index in [0.29, 0.717) is 6.61 Å². The molecule has 0 spiro atoms. The standard InChI is InChI=1S/C17H18N2OS/c1-3-20-15-10-6-9-14-16(15)18-17(21)19(14)11-13-8-5-4-7-12(13)2/h4-10H,3,11H2,1-2H3,(H,18,21). The zero-order valence-electron chi connectivity index (χ0n) is 12.2. The minimum Gasteiger partial charge on any atom is -0.492 e. The number of benzene rings is 2. The summed E-state index contributed by atoms with van der Waals surface area (Å²) in [5, 5.41) is 0. The third-order valence-corrected chi connectivity index (χ3v) is 3.98. The highest BCUT2D eigenvalue weighted by Crippen LogP contribution is 2.26. The van der Waals surface area contributed by atoms with E-state index in [9.17, 15) is 0 Å². The summed E-state index contributed by atoms with van der Waals surface area (Å²) in [7, 11) is 0. The van der Waals surface area contributed by atoms with Crippen LogP contribution in [0.5, 0.6) is 5.75 Å². The summed E-state index contributed by atoms with van der Waals surface area (Å²) in [5.41, 5.74) is 4.60. The van der Waals surface area contributed by atoms with Crippen molar-refractivity contribution in [3.63, 3.8) is 0 Å². The molecule has 3 nitrogen and oxygen atoms in total. The van der Waals surface area contributed by atoms with Crippen LogP contribution in [-0.4, -0.2) is 16.2 Å². The fourth-order valence-corrected chi connectivity index (χ4v) is 2.81. The topological polar surface area (TPSA) is 29.9 Å². The molecule has 0 bridgehead atoms. The number of nitrogens with zero attached hydrogens (tertiary/aromatic N) is 1. The lowest BCUT2D eigenvalue weighted by atomic mass is 10.1. The number of aryl methyl sites for hydroxylation is 1. The number of fused-ring (bicyclic) bond motifs is 1. The smallest absolute Gasteiger partial charge is 0.178 e. The van der Waals surface area contributed by atoms with Crippen molar-refractivity contribution < 1.29 is 4.74 Å². The van der Waals surface area contributed by atoms with E-state index < -0.39 is 0 Å². The zero-order valence-corrected chi connectivity index (χ0v) is 13.0. The van der Waals surface area contributed by atoms with E-state index in [2.05, 4.69) is 46.8 Å². The summed E-state index contributed by atoms with van der Waals surface area (Å²) in [4.78, 5) is 3.27. The van der Waals surface area contributed by atoms with Crippen LogP contribution in [0.3, 0.4) is 0 Å². The molecule has 0 fully saturated rings. The van der Waals surface area contributed by atoms with Crippen LogP contribution in [0, 0.1) is 11.7 Å². The van der Waals surface area contributed by atoms with E-state index in [0.717, 1.165) is 28.1 Å². The van der Waals surface area contributed by atoms with Gasteiger partial charge in [0.1, 0.15) is 11.3 Å². The average molecular weight is 298 g/mol. The molecule has 1 N–H and O–H groups in total. The Kier molecular flexibility index (Phi) is 3.80. The lowest BCUT2D eigenvalue weighted by Gasteiger charge is -2.08. The number of H-pyrrole nitrogens is 1. The van der Waals surface area contributed by atoms with Crippen molar-refractivity contribution in [3.8, 4) is 5.75 Å². The van der Waals surface area contributed by atoms with Gasteiger partial charge in [0.2, 0.25) is 0 Å². The molecule has 0 amide bonds. The molecule has 0 radical (unpaired) electrons. The number of rotatable bonds is 4. The van der Waals surface area contributed by atoms with Gasteiger partial charge in [0.05, 0.1) is 18.7 Å². The van der Waals surface area contributed by atoms with Gasteiger partial charge in [0.25, 0.3) is 0 Å². The number of aromatic amines is 1. The quantitative estimate of drug-likeness (QED) is 0.721. The lowest BCUT2D eigenvalue weighted by Crippen LogP contribution is -2.01. The highest BCUT2D eigenvalue weighted by atomic mass is 32.1. The summed E-state index contributed by atoms with van der Waals surface area (Å²) >= 11 is 5.49. The summed E-state index contributed by atoms with van der Waals surface area (Å²) in [6.07, 6.45) is 0. The second-order valence-corrected chi connectivity index (χ2v) is 5.41. The maximum absolute atomic E-state index is 5.67. The Morgan fingerprint density at radius 3 is 2.71 bits per heavy atom. The minimum absolute atomic E-state index is 0.642. The molecule has 0 saturated heterocycles. The maximum Gasteiger partial charge on any atom is 0.178 e. The Morgan fingerprint density at radius 2 is 1.95 bits per heavy atom. The highest BCUT2D eigenvalue weighted by molar-refractivity contribution is 7.71. The Bertz CT molecular complexity index is 832. The maximum atomic E-state index is 5.67. The molecule has 108 valence electrons. The van der Waals surface area contributed by atoms with Gasteiger partial charge in [-0.05, 0) is 49.3 Å². The monoisotopic (exact) mass is 298 g/mol. The van der Waals surface area contributed by atoms with Crippen LogP contribution in [0.25, 0.3) is 11.0 Å². The molecule has 0 atom stereocenters. The molecule has 0 saturated carbocycles. The van der Waals surface area contributed by atoms with Crippen LogP contribution < -0.4 is 4.74 Å². The average Bonchev–Trinajstić information content (AvgIpc) is 2.79. The number of nitrogens with one attached hydrogen (secondary N) is 1. The highest BCUT2D eigenvalue weighted by Gasteiger charge is 2.10. The Labute approximate surface area is 129 Å². The first-order chi connectivity index (χ1) is 10.2. The fraction of sp³-hybridized carbons (Fsp3) is 0.235. The summed E-state index contributed by atoms with van der Waals surface area (Å²) in [6.45, 7) is 5.51. The van der Waals surface area contributed by atoms with Crippen molar-refractivity contribution in [1.82, 2.24) is 9.55 Å². The van der Waals surface area contributed by atoms with Gasteiger partial charge < -0.3 is 14.3 Å². The largest absolute Gasteiger partial charge is 0.492 e. The van der Waals surface area contributed by atoms with Crippen molar-refractivity contribution in [3.05, 3.63) is 58.4 Å². The molecular formula is C17H18N2OS. The fourth-order valence-electron chi connectivity index (χ4n) is 2.54. The van der Waals surface area contributed by atoms with E-state index in [1.165, 1.54) is 11.1 Å². The van der Waals surface area contributed by atoms with Crippen molar-refractivity contribution in [1.29, 1.82) is 0 Å². The summed E-state index contributed by atoms with van der Waals surface area (Å²) in [5.74, 6) is 0.852. The molecule has 21 heavy (non-hydrogen) atoms. The number of aromatic nitrogens is 2. The Hall–Kier alpha value is -2.07. The first kappa shape index (κ1) is 13.9. The van der Waals surface area contributed by atoms with Crippen LogP contribution >= 0.6 is 12.2 Å². The number of imidazole rings is 1. The SMILES string of the molecule is CCOc1cccc2c1[nH]c(=S)n2Cc1ccccc1C. The van der Waals surface area contributed by atoms with Crippen LogP contribution in [0.2, 0.25) is 0 Å². The molecule has 0 aliphatic rings. The van der Waals surface area contributed by atoms with Crippen molar-refractivity contribution >= 4 is 23.3 Å². The number of ether oxygens (including phenoxy) is 1. The number of para-hydroxylation sites is 1. The van der Waals surface area contributed by atoms with Crippen molar-refractivity contribution in [2.75, 3.05) is 6.61 Å². The number of hydrogen-bond acceptors (Lipinski definition) is 2. The minimum atomic E-state index is 0.642. The Balaban J connectivity index is 2.11. The predicted molar refractivity (Wildman–Crippen MR) is 88.6 cm³/mol. The third kappa shape index (κ3) is 2.59. The van der Waals surface area contributed by atoms with Gasteiger partial charge in [-0.1, -0.05) is 30.3 Å². The van der Waals surface area contributed by atoms with Gasteiger partial charge in [0, 0.05) is 0 Å². The molecule has 0 aliphatic carbocycles. The first-order valence-electron chi connectivity index (χ1n) is 7.09. The van der Waals surface area contributed by atoms with Gasteiger partial charge in [-0.3, -0.25) is 0 Å². The van der Waals surface area contributed by atoms with Crippen LogP contribution in [-0.2, 0) is 6.54 Å². The molecule has 1 aromatic heterocycles. The van der Waals surface area contributed by atoms with Gasteiger partial charge in [-0.25, -0.2) is 0 Å². The molecular weight excluding hydrogens is 280 g/mol. The van der Waals surface area contributed by atoms with Crippen LogP contribution in [0.1, 0.15) is 18.1 Å². The van der Waals surface area contributed by atoms with E-state index in [1.807, 2.05) is 19.1 Å². The molecule has 1 heterocycles. The van der Waals surface area contributed by atoms with Crippen LogP contribution in [0.15, 0.2) is 42.5 Å². The van der Waals surface area contributed by atoms with Crippen molar-refractivity contribution in [2.24, 2.45) is 0 Å². The second kappa shape index (κ2) is 5.74. The second-order valence-electron chi connectivity index (χ2n) is 5.03. The third-order valence-electron chi connectivity index (χ3n) is 3.66. The lowest BCUT2D eigenvalue weighted by molar-refractivity contribution is 0.343. The summed E-state index contributed by atoms with van der Waals surface area (Å²) in [6, 6.07) is 14.4. The number of hydrogen-bond donors (Lipinski definition) is 1. The molecule has 4 heteroatoms. The van der Waals surface area contributed by atoms with E-state index >= 15 is 0 Å². The Morgan fingerprint density at radius 1 is 1.14 bits per heavy atom. The molecule has 3 aromatic rings. The van der Waals surface area contributed by atoms with E-state index in [1.54, 1.807) is 0 Å². The first-order valence-corrected chi connectivity index (χ1v) is 7.50. The molecule has 2 aromatic carbocycles. The van der Waals surface area contributed by atoms with Gasteiger partial charge in [-0.2, -0.15) is 0 Å². The zero-order chi connectivity index (χ0) is 14.8. The molecule has 0 unspecified atom stereocenters. The predicted octanol–water partition coefficient (Wildman–Crippen LogP) is 4.45. The molecule has 0 aliphatic heterocycles. The summed E-state index contributed by atoms with van der Waals surface area (Å²) < 4.78 is 8.51. The van der Waals surface area contributed by atoms with E-state index in [4.69, 9.17) is 17.0 Å². The molecule has 3 rings (SSSR count). The van der Waals surface area contributed by atoms with Crippen molar-refractivity contribution in [2.45, 2.75) is 20.4 Å².